The molecule has 6 rings (SSSR count). The first-order valence-electron chi connectivity index (χ1n) is 11.4. The van der Waals surface area contributed by atoms with E-state index in [4.69, 9.17) is 5.10 Å². The number of rotatable bonds is 4. The molecule has 10 nitrogen and oxygen atoms in total. The van der Waals surface area contributed by atoms with Gasteiger partial charge in [0.2, 0.25) is 11.8 Å². The Morgan fingerprint density at radius 3 is 2.79 bits per heavy atom. The van der Waals surface area contributed by atoms with E-state index in [9.17, 15) is 9.59 Å². The van der Waals surface area contributed by atoms with E-state index in [2.05, 4.69) is 39.1 Å². The van der Waals surface area contributed by atoms with Gasteiger partial charge in [0.15, 0.2) is 11.5 Å². The second kappa shape index (κ2) is 7.21. The lowest BCUT2D eigenvalue weighted by Crippen LogP contribution is -2.47. The number of aromatic amines is 1. The number of benzene rings is 1. The summed E-state index contributed by atoms with van der Waals surface area (Å²) < 4.78 is 1.58. The maximum Gasteiger partial charge on any atom is 0.242 e. The topological polar surface area (TPSA) is 122 Å². The number of aryl methyl sites for hydroxylation is 1. The minimum absolute atomic E-state index is 0.0315. The van der Waals surface area contributed by atoms with Crippen molar-refractivity contribution in [3.05, 3.63) is 53.7 Å². The molecule has 4 aromatic rings. The number of fused-ring (bicyclic) bond motifs is 5. The van der Waals surface area contributed by atoms with Crippen LogP contribution in [0.5, 0.6) is 0 Å². The largest absolute Gasteiger partial charge is 0.340 e. The number of hydrogen-bond donors (Lipinski definition) is 2. The highest BCUT2D eigenvalue weighted by Gasteiger charge is 2.57. The van der Waals surface area contributed by atoms with Crippen LogP contribution in [0.15, 0.2) is 36.9 Å². The number of carbonyl (C=O) groups excluding carboxylic acids is 2. The zero-order chi connectivity index (χ0) is 23.6. The van der Waals surface area contributed by atoms with E-state index in [1.54, 1.807) is 4.68 Å². The van der Waals surface area contributed by atoms with Gasteiger partial charge in [0.25, 0.3) is 0 Å². The molecule has 0 saturated heterocycles. The van der Waals surface area contributed by atoms with Crippen molar-refractivity contribution in [2.45, 2.75) is 39.0 Å². The minimum atomic E-state index is -1.13. The van der Waals surface area contributed by atoms with Gasteiger partial charge in [-0.2, -0.15) is 9.78 Å². The van der Waals surface area contributed by atoms with Crippen LogP contribution in [-0.4, -0.2) is 48.1 Å². The first kappa shape index (κ1) is 20.5. The van der Waals surface area contributed by atoms with Crippen LogP contribution in [0.4, 0.5) is 11.5 Å². The first-order chi connectivity index (χ1) is 16.4. The van der Waals surface area contributed by atoms with Crippen molar-refractivity contribution in [1.29, 1.82) is 0 Å². The van der Waals surface area contributed by atoms with Gasteiger partial charge in [0.1, 0.15) is 23.1 Å². The van der Waals surface area contributed by atoms with Gasteiger partial charge in [-0.15, -0.1) is 0 Å². The molecule has 3 aromatic heterocycles. The summed E-state index contributed by atoms with van der Waals surface area (Å²) in [5.41, 5.74) is 3.03. The summed E-state index contributed by atoms with van der Waals surface area (Å²) in [6.45, 7) is 6.74. The van der Waals surface area contributed by atoms with Crippen LogP contribution >= 0.6 is 0 Å². The van der Waals surface area contributed by atoms with Crippen LogP contribution in [0.25, 0.3) is 17.0 Å². The van der Waals surface area contributed by atoms with Crippen LogP contribution in [-0.2, 0) is 15.0 Å². The number of anilines is 2. The SMILES string of the molecule is Cc1nn(-c2ncnc3nc[nH]c23)c2c1C1(CC(=O)N2)C(=O)N(CCC(C)C)c2ccccc21. The Bertz CT molecular complexity index is 1470. The van der Waals surface area contributed by atoms with Crippen molar-refractivity contribution in [3.8, 4) is 5.82 Å². The van der Waals surface area contributed by atoms with Crippen LogP contribution < -0.4 is 10.2 Å². The molecule has 5 heterocycles. The maximum absolute atomic E-state index is 14.2. The van der Waals surface area contributed by atoms with E-state index in [1.807, 2.05) is 36.1 Å². The van der Waals surface area contributed by atoms with Crippen molar-refractivity contribution in [1.82, 2.24) is 29.7 Å². The molecule has 2 N–H and O–H groups in total. The molecule has 34 heavy (non-hydrogen) atoms. The fraction of sp³-hybridized carbons (Fsp3) is 0.333. The zero-order valence-electron chi connectivity index (χ0n) is 19.2. The van der Waals surface area contributed by atoms with Gasteiger partial charge in [-0.05, 0) is 30.9 Å². The summed E-state index contributed by atoms with van der Waals surface area (Å²) in [6, 6.07) is 7.78. The number of amides is 2. The van der Waals surface area contributed by atoms with Crippen LogP contribution in [0.2, 0.25) is 0 Å². The standard InChI is InChI=1S/C24H24N8O2/c1-13(2)8-9-31-16-7-5-4-6-15(16)24(23(31)34)10-17(33)29-21-18(24)14(3)30-32(21)22-19-20(26-11-25-19)27-12-28-22/h4-7,11-13H,8-10H2,1-3H3,(H,29,33)(H,25,26,27,28). The molecule has 172 valence electrons. The summed E-state index contributed by atoms with van der Waals surface area (Å²) in [5, 5.41) is 7.71. The molecule has 1 unspecified atom stereocenters. The second-order valence-electron chi connectivity index (χ2n) is 9.31. The Hall–Kier alpha value is -4.08. The minimum Gasteiger partial charge on any atom is -0.340 e. The molecule has 0 radical (unpaired) electrons. The van der Waals surface area contributed by atoms with Crippen LogP contribution in [0, 0.1) is 12.8 Å². The third-order valence-corrected chi connectivity index (χ3v) is 6.77. The van der Waals surface area contributed by atoms with Crippen LogP contribution in [0.1, 0.15) is 43.5 Å². The Morgan fingerprint density at radius 1 is 1.15 bits per heavy atom. The zero-order valence-corrected chi connectivity index (χ0v) is 19.2. The van der Waals surface area contributed by atoms with Crippen molar-refractivity contribution in [3.63, 3.8) is 0 Å². The van der Waals surface area contributed by atoms with Crippen molar-refractivity contribution in [2.24, 2.45) is 5.92 Å². The number of para-hydroxylation sites is 1. The summed E-state index contributed by atoms with van der Waals surface area (Å²) >= 11 is 0. The third kappa shape index (κ3) is 2.68. The number of imidazole rings is 1. The summed E-state index contributed by atoms with van der Waals surface area (Å²) in [6.07, 6.45) is 3.84. The lowest BCUT2D eigenvalue weighted by molar-refractivity contribution is -0.126. The molecule has 0 bridgehead atoms. The summed E-state index contributed by atoms with van der Waals surface area (Å²) in [7, 11) is 0. The smallest absolute Gasteiger partial charge is 0.242 e. The Morgan fingerprint density at radius 2 is 1.97 bits per heavy atom. The molecule has 1 atom stereocenters. The van der Waals surface area contributed by atoms with Crippen molar-refractivity contribution in [2.75, 3.05) is 16.8 Å². The fourth-order valence-electron chi connectivity index (χ4n) is 5.27. The Kier molecular flexibility index (Phi) is 4.35. The number of nitrogens with one attached hydrogen (secondary N) is 2. The fourth-order valence-corrected chi connectivity index (χ4v) is 5.27. The lowest BCUT2D eigenvalue weighted by Gasteiger charge is -2.33. The molecule has 0 saturated carbocycles. The summed E-state index contributed by atoms with van der Waals surface area (Å²) in [5.74, 6) is 1.04. The normalized spacial score (nSPS) is 19.2. The van der Waals surface area contributed by atoms with Crippen LogP contribution in [0.3, 0.4) is 0 Å². The monoisotopic (exact) mass is 456 g/mol. The highest BCUT2D eigenvalue weighted by molar-refractivity contribution is 6.16. The Labute approximate surface area is 195 Å². The highest BCUT2D eigenvalue weighted by atomic mass is 16.2. The molecule has 2 amide bonds. The predicted octanol–water partition coefficient (Wildman–Crippen LogP) is 2.87. The van der Waals surface area contributed by atoms with Gasteiger partial charge in [0.05, 0.1) is 12.0 Å². The molecular weight excluding hydrogens is 432 g/mol. The predicted molar refractivity (Wildman–Crippen MR) is 126 cm³/mol. The van der Waals surface area contributed by atoms with Gasteiger partial charge >= 0.3 is 0 Å². The van der Waals surface area contributed by atoms with Crippen molar-refractivity contribution < 1.29 is 9.59 Å². The van der Waals surface area contributed by atoms with Gasteiger partial charge < -0.3 is 15.2 Å². The Balaban J connectivity index is 1.59. The average molecular weight is 457 g/mol. The quantitative estimate of drug-likeness (QED) is 0.487. The number of H-pyrrole nitrogens is 1. The third-order valence-electron chi connectivity index (χ3n) is 6.77. The van der Waals surface area contributed by atoms with E-state index in [-0.39, 0.29) is 18.2 Å². The van der Waals surface area contributed by atoms with Gasteiger partial charge in [-0.1, -0.05) is 32.0 Å². The van der Waals surface area contributed by atoms with Gasteiger partial charge in [0, 0.05) is 24.2 Å². The van der Waals surface area contributed by atoms with Gasteiger partial charge in [-0.3, -0.25) is 9.59 Å². The molecule has 1 spiro atoms. The van der Waals surface area contributed by atoms with E-state index in [0.29, 0.717) is 46.5 Å². The molecule has 10 heteroatoms. The lowest BCUT2D eigenvalue weighted by atomic mass is 9.70. The van der Waals surface area contributed by atoms with E-state index < -0.39 is 5.41 Å². The number of hydrogen-bond acceptors (Lipinski definition) is 6. The average Bonchev–Trinajstić information content (AvgIpc) is 3.48. The van der Waals surface area contributed by atoms with E-state index in [1.165, 1.54) is 12.7 Å². The molecule has 1 aromatic carbocycles. The number of carbonyl (C=O) groups is 2. The molecule has 2 aliphatic rings. The second-order valence-corrected chi connectivity index (χ2v) is 9.31. The van der Waals surface area contributed by atoms with E-state index in [0.717, 1.165) is 17.7 Å². The number of nitrogens with zero attached hydrogens (tertiary/aromatic N) is 6. The van der Waals surface area contributed by atoms with Gasteiger partial charge in [-0.25, -0.2) is 15.0 Å². The highest BCUT2D eigenvalue weighted by Crippen LogP contribution is 2.53. The first-order valence-corrected chi connectivity index (χ1v) is 11.4. The summed E-state index contributed by atoms with van der Waals surface area (Å²) in [4.78, 5) is 45.0. The maximum atomic E-state index is 14.2. The number of aromatic nitrogens is 6. The molecule has 0 aliphatic carbocycles. The van der Waals surface area contributed by atoms with E-state index >= 15 is 0 Å². The molecule has 2 aliphatic heterocycles. The molecular formula is C24H24N8O2. The molecule has 0 fully saturated rings. The van der Waals surface area contributed by atoms with Crippen molar-refractivity contribution >= 4 is 34.5 Å².